The Hall–Kier alpha value is -0.770. The number of nitrogens with two attached hydrogens (primary N) is 1. The fourth-order valence-corrected chi connectivity index (χ4v) is 2.19. The smallest absolute Gasteiger partial charge is 0.123 e. The van der Waals surface area contributed by atoms with E-state index in [1.807, 2.05) is 0 Å². The van der Waals surface area contributed by atoms with Crippen molar-refractivity contribution in [3.63, 3.8) is 0 Å². The second kappa shape index (κ2) is 6.41. The molecule has 0 saturated carbocycles. The SMILES string of the molecule is Cc1cc(Cl)cc([C@H](N)[C@H](O)CCC(C)C)c1O. The maximum atomic E-state index is 10.0. The van der Waals surface area contributed by atoms with E-state index in [0.29, 0.717) is 28.5 Å². The maximum Gasteiger partial charge on any atom is 0.123 e. The summed E-state index contributed by atoms with van der Waals surface area (Å²) in [5, 5.41) is 20.5. The van der Waals surface area contributed by atoms with Crippen LogP contribution >= 0.6 is 11.6 Å². The van der Waals surface area contributed by atoms with Crippen LogP contribution in [0.1, 0.15) is 43.9 Å². The van der Waals surface area contributed by atoms with E-state index in [0.717, 1.165) is 6.42 Å². The lowest BCUT2D eigenvalue weighted by Gasteiger charge is -2.21. The first kappa shape index (κ1) is 15.3. The number of hydrogen-bond donors (Lipinski definition) is 3. The minimum atomic E-state index is -0.670. The van der Waals surface area contributed by atoms with E-state index in [1.165, 1.54) is 0 Å². The minimum Gasteiger partial charge on any atom is -0.507 e. The number of benzene rings is 1. The van der Waals surface area contributed by atoms with E-state index in [2.05, 4.69) is 13.8 Å². The van der Waals surface area contributed by atoms with E-state index in [4.69, 9.17) is 17.3 Å². The summed E-state index contributed by atoms with van der Waals surface area (Å²) in [6, 6.07) is 2.68. The predicted octanol–water partition coefficient (Wildman–Crippen LogP) is 3.15. The third-order valence-corrected chi connectivity index (χ3v) is 3.33. The van der Waals surface area contributed by atoms with Crippen LogP contribution in [0.3, 0.4) is 0 Å². The Morgan fingerprint density at radius 2 is 1.89 bits per heavy atom. The van der Waals surface area contributed by atoms with Gasteiger partial charge in [-0.15, -0.1) is 0 Å². The van der Waals surface area contributed by atoms with Crippen LogP contribution in [0.4, 0.5) is 0 Å². The zero-order chi connectivity index (χ0) is 13.9. The molecule has 1 aromatic carbocycles. The van der Waals surface area contributed by atoms with Gasteiger partial charge in [-0.3, -0.25) is 0 Å². The highest BCUT2D eigenvalue weighted by molar-refractivity contribution is 6.30. The first-order valence-electron chi connectivity index (χ1n) is 6.25. The molecule has 0 aliphatic heterocycles. The molecular weight excluding hydrogens is 250 g/mol. The lowest BCUT2D eigenvalue weighted by atomic mass is 9.94. The lowest BCUT2D eigenvalue weighted by molar-refractivity contribution is 0.127. The number of phenolic OH excluding ortho intramolecular Hbond substituents is 1. The summed E-state index contributed by atoms with van der Waals surface area (Å²) < 4.78 is 0. The molecule has 4 N–H and O–H groups in total. The highest BCUT2D eigenvalue weighted by atomic mass is 35.5. The quantitative estimate of drug-likeness (QED) is 0.771. The predicted molar refractivity (Wildman–Crippen MR) is 74.9 cm³/mol. The van der Waals surface area contributed by atoms with Gasteiger partial charge < -0.3 is 15.9 Å². The van der Waals surface area contributed by atoms with Crippen molar-refractivity contribution in [1.29, 1.82) is 0 Å². The topological polar surface area (TPSA) is 66.5 Å². The van der Waals surface area contributed by atoms with Crippen LogP contribution in [0.5, 0.6) is 5.75 Å². The van der Waals surface area contributed by atoms with Crippen molar-refractivity contribution in [3.05, 3.63) is 28.3 Å². The van der Waals surface area contributed by atoms with Gasteiger partial charge in [0.2, 0.25) is 0 Å². The third kappa shape index (κ3) is 3.87. The molecule has 0 bridgehead atoms. The van der Waals surface area contributed by atoms with E-state index < -0.39 is 12.1 Å². The van der Waals surface area contributed by atoms with E-state index in [9.17, 15) is 10.2 Å². The average Bonchev–Trinajstić information content (AvgIpc) is 2.29. The monoisotopic (exact) mass is 271 g/mol. The molecule has 0 heterocycles. The highest BCUT2D eigenvalue weighted by Gasteiger charge is 2.21. The first-order chi connectivity index (χ1) is 8.32. The summed E-state index contributed by atoms with van der Waals surface area (Å²) in [6.07, 6.45) is 0.843. The molecule has 1 aromatic rings. The van der Waals surface area contributed by atoms with Crippen molar-refractivity contribution in [3.8, 4) is 5.75 Å². The largest absolute Gasteiger partial charge is 0.507 e. The van der Waals surface area contributed by atoms with E-state index in [-0.39, 0.29) is 5.75 Å². The number of aliphatic hydroxyl groups excluding tert-OH is 1. The fourth-order valence-electron chi connectivity index (χ4n) is 1.91. The van der Waals surface area contributed by atoms with Gasteiger partial charge in [-0.25, -0.2) is 0 Å². The van der Waals surface area contributed by atoms with Crippen molar-refractivity contribution in [2.75, 3.05) is 0 Å². The van der Waals surface area contributed by atoms with Crippen LogP contribution in [-0.4, -0.2) is 16.3 Å². The molecule has 1 rings (SSSR count). The second-order valence-electron chi connectivity index (χ2n) is 5.22. The number of rotatable bonds is 5. The van der Waals surface area contributed by atoms with Crippen LogP contribution in [0.2, 0.25) is 5.02 Å². The Balaban J connectivity index is 2.86. The Bertz CT molecular complexity index is 407. The lowest BCUT2D eigenvalue weighted by Crippen LogP contribution is -2.26. The van der Waals surface area contributed by atoms with Gasteiger partial charge in [0.1, 0.15) is 5.75 Å². The minimum absolute atomic E-state index is 0.121. The Labute approximate surface area is 114 Å². The number of aryl methyl sites for hydroxylation is 1. The summed E-state index contributed by atoms with van der Waals surface area (Å²) in [4.78, 5) is 0. The van der Waals surface area contributed by atoms with Crippen LogP contribution in [-0.2, 0) is 0 Å². The van der Waals surface area contributed by atoms with Gasteiger partial charge in [0, 0.05) is 10.6 Å². The molecule has 0 spiro atoms. The molecule has 0 aliphatic carbocycles. The maximum absolute atomic E-state index is 10.0. The van der Waals surface area contributed by atoms with Gasteiger partial charge in [-0.2, -0.15) is 0 Å². The average molecular weight is 272 g/mol. The van der Waals surface area contributed by atoms with Crippen LogP contribution in [0.25, 0.3) is 0 Å². The molecule has 18 heavy (non-hydrogen) atoms. The molecule has 3 nitrogen and oxygen atoms in total. The van der Waals surface area contributed by atoms with Crippen molar-refractivity contribution < 1.29 is 10.2 Å². The van der Waals surface area contributed by atoms with Crippen molar-refractivity contribution in [2.45, 2.75) is 45.8 Å². The summed E-state index contributed by atoms with van der Waals surface area (Å²) in [7, 11) is 0. The highest BCUT2D eigenvalue weighted by Crippen LogP contribution is 2.32. The van der Waals surface area contributed by atoms with Gasteiger partial charge in [0.05, 0.1) is 12.1 Å². The Morgan fingerprint density at radius 3 is 2.44 bits per heavy atom. The van der Waals surface area contributed by atoms with Gasteiger partial charge in [0.15, 0.2) is 0 Å². The van der Waals surface area contributed by atoms with Gasteiger partial charge in [0.25, 0.3) is 0 Å². The molecule has 0 amide bonds. The molecule has 0 aliphatic rings. The van der Waals surface area contributed by atoms with Crippen molar-refractivity contribution in [1.82, 2.24) is 0 Å². The molecule has 0 radical (unpaired) electrons. The van der Waals surface area contributed by atoms with Crippen molar-refractivity contribution >= 4 is 11.6 Å². The number of aromatic hydroxyl groups is 1. The first-order valence-corrected chi connectivity index (χ1v) is 6.63. The number of phenols is 1. The standard InChI is InChI=1S/C14H22ClNO2/c1-8(2)4-5-12(17)13(16)11-7-10(15)6-9(3)14(11)18/h6-8,12-13,17-18H,4-5,16H2,1-3H3/t12-,13+/m1/s1. The summed E-state index contributed by atoms with van der Waals surface area (Å²) in [5.41, 5.74) is 7.18. The van der Waals surface area contributed by atoms with Crippen molar-refractivity contribution in [2.24, 2.45) is 11.7 Å². The van der Waals surface area contributed by atoms with Gasteiger partial charge in [-0.05, 0) is 43.4 Å². The molecule has 4 heteroatoms. The zero-order valence-electron chi connectivity index (χ0n) is 11.2. The molecule has 0 aromatic heterocycles. The summed E-state index contributed by atoms with van der Waals surface area (Å²) >= 11 is 5.95. The molecule has 2 atom stereocenters. The molecule has 0 saturated heterocycles. The molecule has 0 unspecified atom stereocenters. The second-order valence-corrected chi connectivity index (χ2v) is 5.66. The van der Waals surface area contributed by atoms with Crippen LogP contribution in [0, 0.1) is 12.8 Å². The van der Waals surface area contributed by atoms with Crippen LogP contribution in [0.15, 0.2) is 12.1 Å². The molecule has 0 fully saturated rings. The normalized spacial score (nSPS) is 14.8. The number of hydrogen-bond acceptors (Lipinski definition) is 3. The Morgan fingerprint density at radius 1 is 1.28 bits per heavy atom. The number of aliphatic hydroxyl groups is 1. The Kier molecular flexibility index (Phi) is 5.45. The zero-order valence-corrected chi connectivity index (χ0v) is 11.9. The number of halogens is 1. The van der Waals surface area contributed by atoms with E-state index in [1.54, 1.807) is 19.1 Å². The fraction of sp³-hybridized carbons (Fsp3) is 0.571. The van der Waals surface area contributed by atoms with Gasteiger partial charge >= 0.3 is 0 Å². The summed E-state index contributed by atoms with van der Waals surface area (Å²) in [5.74, 6) is 0.636. The van der Waals surface area contributed by atoms with Crippen LogP contribution < -0.4 is 5.73 Å². The summed E-state index contributed by atoms with van der Waals surface area (Å²) in [6.45, 7) is 5.95. The molecular formula is C14H22ClNO2. The van der Waals surface area contributed by atoms with Gasteiger partial charge in [-0.1, -0.05) is 25.4 Å². The third-order valence-electron chi connectivity index (χ3n) is 3.11. The van der Waals surface area contributed by atoms with E-state index >= 15 is 0 Å². The molecule has 102 valence electrons.